The molecule has 0 saturated heterocycles. The monoisotopic (exact) mass is 180 g/mol. The number of hydrogen-bond acceptors (Lipinski definition) is 4. The number of anilines is 1. The Kier molecular flexibility index (Phi) is 4.02. The fourth-order valence-corrected chi connectivity index (χ4v) is 0.484. The standard InChI is InChI=1S/C4H5ClN4.ClH/c5-3-1-8-4(9-6)2-7-3;/h1-2H,6H2,(H,8,9);1H. The SMILES string of the molecule is Cl.NNc1cnc(Cl)cn1. The lowest BCUT2D eigenvalue weighted by atomic mass is 10.7. The van der Waals surface area contributed by atoms with Gasteiger partial charge in [0, 0.05) is 0 Å². The van der Waals surface area contributed by atoms with Gasteiger partial charge in [-0.25, -0.2) is 15.8 Å². The highest BCUT2D eigenvalue weighted by molar-refractivity contribution is 6.29. The summed E-state index contributed by atoms with van der Waals surface area (Å²) in [5.74, 6) is 5.50. The maximum absolute atomic E-state index is 5.43. The molecule has 0 aliphatic heterocycles. The molecule has 1 rings (SSSR count). The van der Waals surface area contributed by atoms with E-state index in [0.717, 1.165) is 0 Å². The zero-order valence-corrected chi connectivity index (χ0v) is 6.49. The minimum absolute atomic E-state index is 0. The van der Waals surface area contributed by atoms with Gasteiger partial charge in [-0.15, -0.1) is 12.4 Å². The Labute approximate surface area is 69.2 Å². The third kappa shape index (κ3) is 2.34. The molecule has 1 aromatic rings. The summed E-state index contributed by atoms with van der Waals surface area (Å²) in [7, 11) is 0. The highest BCUT2D eigenvalue weighted by Crippen LogP contribution is 2.02. The molecule has 3 N–H and O–H groups in total. The van der Waals surface area contributed by atoms with E-state index in [1.807, 2.05) is 0 Å². The van der Waals surface area contributed by atoms with Gasteiger partial charge < -0.3 is 5.43 Å². The molecule has 0 radical (unpaired) electrons. The van der Waals surface area contributed by atoms with E-state index in [1.165, 1.54) is 12.4 Å². The molecule has 4 nitrogen and oxygen atoms in total. The summed E-state index contributed by atoms with van der Waals surface area (Å²) in [6.45, 7) is 0. The van der Waals surface area contributed by atoms with Crippen LogP contribution in [0.15, 0.2) is 12.4 Å². The second-order valence-electron chi connectivity index (χ2n) is 1.37. The highest BCUT2D eigenvalue weighted by atomic mass is 35.5. The predicted octanol–water partition coefficient (Wildman–Crippen LogP) is 0.837. The van der Waals surface area contributed by atoms with Crippen LogP contribution in [0.25, 0.3) is 0 Å². The van der Waals surface area contributed by atoms with Crippen molar-refractivity contribution in [2.45, 2.75) is 0 Å². The third-order valence-electron chi connectivity index (χ3n) is 0.768. The second-order valence-corrected chi connectivity index (χ2v) is 1.76. The molecule has 0 aromatic carbocycles. The maximum Gasteiger partial charge on any atom is 0.158 e. The van der Waals surface area contributed by atoms with Gasteiger partial charge in [-0.3, -0.25) is 0 Å². The van der Waals surface area contributed by atoms with E-state index in [4.69, 9.17) is 17.4 Å². The zero-order valence-electron chi connectivity index (χ0n) is 4.91. The van der Waals surface area contributed by atoms with Crippen molar-refractivity contribution >= 4 is 29.8 Å². The first-order chi connectivity index (χ1) is 4.33. The first-order valence-corrected chi connectivity index (χ1v) is 2.65. The topological polar surface area (TPSA) is 63.8 Å². The van der Waals surface area contributed by atoms with Gasteiger partial charge in [0.1, 0.15) is 5.15 Å². The number of hydrogen-bond donors (Lipinski definition) is 2. The van der Waals surface area contributed by atoms with Gasteiger partial charge in [0.05, 0.1) is 12.4 Å². The van der Waals surface area contributed by atoms with Gasteiger partial charge in [-0.1, -0.05) is 11.6 Å². The molecule has 0 spiro atoms. The van der Waals surface area contributed by atoms with Crippen molar-refractivity contribution in [1.29, 1.82) is 0 Å². The number of nitrogens with zero attached hydrogens (tertiary/aromatic N) is 2. The van der Waals surface area contributed by atoms with Crippen LogP contribution in [0.1, 0.15) is 0 Å². The molecule has 1 aromatic heterocycles. The molecule has 0 saturated carbocycles. The number of halogens is 2. The molecule has 56 valence electrons. The van der Waals surface area contributed by atoms with Crippen LogP contribution in [-0.4, -0.2) is 9.97 Å². The number of rotatable bonds is 1. The van der Waals surface area contributed by atoms with Crippen LogP contribution in [0.2, 0.25) is 5.15 Å². The summed E-state index contributed by atoms with van der Waals surface area (Å²) in [5, 5.41) is 0.356. The van der Waals surface area contributed by atoms with Crippen LogP contribution < -0.4 is 11.3 Å². The molecule has 0 aliphatic carbocycles. The number of nitrogen functional groups attached to an aromatic ring is 1. The van der Waals surface area contributed by atoms with Crippen molar-refractivity contribution in [1.82, 2.24) is 9.97 Å². The van der Waals surface area contributed by atoms with E-state index in [-0.39, 0.29) is 12.4 Å². The summed E-state index contributed by atoms with van der Waals surface area (Å²) in [6.07, 6.45) is 2.86. The lowest BCUT2D eigenvalue weighted by molar-refractivity contribution is 1.16. The molecule has 0 atom stereocenters. The summed E-state index contributed by atoms with van der Waals surface area (Å²) >= 11 is 5.43. The van der Waals surface area contributed by atoms with Crippen LogP contribution >= 0.6 is 24.0 Å². The van der Waals surface area contributed by atoms with E-state index >= 15 is 0 Å². The Hall–Kier alpha value is -0.580. The smallest absolute Gasteiger partial charge is 0.158 e. The molecule has 0 fully saturated rings. The minimum atomic E-state index is 0. The van der Waals surface area contributed by atoms with Crippen LogP contribution in [-0.2, 0) is 0 Å². The maximum atomic E-state index is 5.43. The lowest BCUT2D eigenvalue weighted by Gasteiger charge is -1.94. The molecular weight excluding hydrogens is 175 g/mol. The quantitative estimate of drug-likeness (QED) is 0.497. The molecule has 1 heterocycles. The first kappa shape index (κ1) is 9.42. The van der Waals surface area contributed by atoms with Crippen LogP contribution in [0.3, 0.4) is 0 Å². The van der Waals surface area contributed by atoms with Gasteiger partial charge in [0.15, 0.2) is 5.82 Å². The first-order valence-electron chi connectivity index (χ1n) is 2.27. The van der Waals surface area contributed by atoms with Crippen molar-refractivity contribution < 1.29 is 0 Å². The number of hydrazine groups is 1. The number of aromatic nitrogens is 2. The summed E-state index contributed by atoms with van der Waals surface area (Å²) in [4.78, 5) is 7.48. The van der Waals surface area contributed by atoms with Gasteiger partial charge in [-0.05, 0) is 0 Å². The van der Waals surface area contributed by atoms with Gasteiger partial charge in [-0.2, -0.15) is 0 Å². The highest BCUT2D eigenvalue weighted by Gasteiger charge is 1.88. The molecule has 0 aliphatic rings. The fraction of sp³-hybridized carbons (Fsp3) is 0. The molecular formula is C4H6Cl2N4. The fourth-order valence-electron chi connectivity index (χ4n) is 0.387. The normalized spacial score (nSPS) is 8.20. The molecule has 0 unspecified atom stereocenters. The molecule has 6 heteroatoms. The summed E-state index contributed by atoms with van der Waals surface area (Å²) in [5.41, 5.74) is 2.32. The number of nitrogens with one attached hydrogen (secondary N) is 1. The molecule has 10 heavy (non-hydrogen) atoms. The minimum Gasteiger partial charge on any atom is -0.307 e. The zero-order chi connectivity index (χ0) is 6.69. The third-order valence-corrected chi connectivity index (χ3v) is 0.963. The van der Waals surface area contributed by atoms with Gasteiger partial charge >= 0.3 is 0 Å². The lowest BCUT2D eigenvalue weighted by Crippen LogP contribution is -2.08. The van der Waals surface area contributed by atoms with Crippen LogP contribution in [0, 0.1) is 0 Å². The predicted molar refractivity (Wildman–Crippen MR) is 42.1 cm³/mol. The van der Waals surface area contributed by atoms with E-state index in [1.54, 1.807) is 0 Å². The van der Waals surface area contributed by atoms with E-state index in [9.17, 15) is 0 Å². The average Bonchev–Trinajstić information content (AvgIpc) is 1.90. The molecule has 0 bridgehead atoms. The van der Waals surface area contributed by atoms with Crippen molar-refractivity contribution in [3.63, 3.8) is 0 Å². The van der Waals surface area contributed by atoms with Gasteiger partial charge in [0.2, 0.25) is 0 Å². The number of nitrogens with two attached hydrogens (primary N) is 1. The Morgan fingerprint density at radius 2 is 2.10 bits per heavy atom. The Morgan fingerprint density at radius 1 is 1.40 bits per heavy atom. The largest absolute Gasteiger partial charge is 0.307 e. The Bertz CT molecular complexity index is 187. The van der Waals surface area contributed by atoms with E-state index in [2.05, 4.69) is 15.4 Å². The summed E-state index contributed by atoms with van der Waals surface area (Å²) in [6, 6.07) is 0. The van der Waals surface area contributed by atoms with E-state index in [0.29, 0.717) is 11.0 Å². The van der Waals surface area contributed by atoms with Crippen molar-refractivity contribution in [3.8, 4) is 0 Å². The van der Waals surface area contributed by atoms with Crippen molar-refractivity contribution in [2.75, 3.05) is 5.43 Å². The van der Waals surface area contributed by atoms with Crippen molar-refractivity contribution in [3.05, 3.63) is 17.5 Å². The van der Waals surface area contributed by atoms with Gasteiger partial charge in [0.25, 0.3) is 0 Å². The van der Waals surface area contributed by atoms with Crippen LogP contribution in [0.5, 0.6) is 0 Å². The summed E-state index contributed by atoms with van der Waals surface area (Å²) < 4.78 is 0. The van der Waals surface area contributed by atoms with Crippen molar-refractivity contribution in [2.24, 2.45) is 5.84 Å². The second kappa shape index (κ2) is 4.27. The molecule has 0 amide bonds. The van der Waals surface area contributed by atoms with Crippen LogP contribution in [0.4, 0.5) is 5.82 Å². The van der Waals surface area contributed by atoms with E-state index < -0.39 is 0 Å². The Morgan fingerprint density at radius 3 is 2.50 bits per heavy atom. The average molecular weight is 181 g/mol. The Balaban J connectivity index is 0.000000810.